The number of benzene rings is 1. The van der Waals surface area contributed by atoms with E-state index < -0.39 is 15.9 Å². The summed E-state index contributed by atoms with van der Waals surface area (Å²) in [6.45, 7) is 1.60. The largest absolute Gasteiger partial charge is 0.378 e. The molecule has 0 radical (unpaired) electrons. The quantitative estimate of drug-likeness (QED) is 0.555. The van der Waals surface area contributed by atoms with E-state index in [1.54, 1.807) is 23.7 Å². The lowest BCUT2D eigenvalue weighted by molar-refractivity contribution is 0.0710. The van der Waals surface area contributed by atoms with E-state index in [-0.39, 0.29) is 4.90 Å². The third-order valence-corrected chi connectivity index (χ3v) is 7.25. The van der Waals surface area contributed by atoms with Crippen molar-refractivity contribution in [2.75, 3.05) is 50.1 Å². The number of carbonyl (C=O) groups excluding carboxylic acids is 1. The van der Waals surface area contributed by atoms with Gasteiger partial charge in [0.2, 0.25) is 10.0 Å². The van der Waals surface area contributed by atoms with Crippen molar-refractivity contribution in [3.63, 3.8) is 0 Å². The Labute approximate surface area is 161 Å². The van der Waals surface area contributed by atoms with Crippen LogP contribution in [0.4, 0.5) is 10.8 Å². The fraction of sp³-hybridized carbons (Fsp3) is 0.375. The highest BCUT2D eigenvalue weighted by atomic mass is 32.2. The van der Waals surface area contributed by atoms with Crippen molar-refractivity contribution in [1.82, 2.24) is 14.8 Å². The number of aromatic nitrogens is 1. The van der Waals surface area contributed by atoms with Gasteiger partial charge in [0.05, 0.1) is 11.1 Å². The molecule has 0 spiro atoms. The van der Waals surface area contributed by atoms with Gasteiger partial charge in [-0.15, -0.1) is 0 Å². The van der Waals surface area contributed by atoms with Crippen molar-refractivity contribution in [2.45, 2.75) is 4.90 Å². The van der Waals surface area contributed by atoms with Gasteiger partial charge >= 0.3 is 0 Å². The molecule has 146 valence electrons. The lowest BCUT2D eigenvalue weighted by Crippen LogP contribution is -2.48. The Kier molecular flexibility index (Phi) is 5.65. The number of hydrogen-bond donors (Lipinski definition) is 2. The van der Waals surface area contributed by atoms with Crippen molar-refractivity contribution in [3.8, 4) is 0 Å². The highest BCUT2D eigenvalue weighted by molar-refractivity contribution is 7.89. The zero-order valence-electron chi connectivity index (χ0n) is 15.0. The van der Waals surface area contributed by atoms with Gasteiger partial charge in [0, 0.05) is 46.0 Å². The van der Waals surface area contributed by atoms with Crippen LogP contribution in [0.15, 0.2) is 35.4 Å². The Morgan fingerprint density at radius 2 is 1.96 bits per heavy atom. The lowest BCUT2D eigenvalue weighted by atomic mass is 10.3. The second-order valence-corrected chi connectivity index (χ2v) is 9.18. The number of sulfonamides is 1. The Hall–Kier alpha value is -2.21. The second-order valence-electron chi connectivity index (χ2n) is 6.23. The number of thiazole rings is 1. The van der Waals surface area contributed by atoms with E-state index in [0.29, 0.717) is 36.2 Å². The summed E-state index contributed by atoms with van der Waals surface area (Å²) in [4.78, 5) is 20.0. The zero-order valence-corrected chi connectivity index (χ0v) is 16.6. The molecule has 3 rings (SSSR count). The van der Waals surface area contributed by atoms with Gasteiger partial charge < -0.3 is 9.80 Å². The molecule has 1 amide bonds. The Bertz CT molecular complexity index is 920. The zero-order chi connectivity index (χ0) is 19.6. The van der Waals surface area contributed by atoms with Gasteiger partial charge in [0.15, 0.2) is 5.13 Å². The molecule has 27 heavy (non-hydrogen) atoms. The van der Waals surface area contributed by atoms with Crippen LogP contribution in [0.1, 0.15) is 9.67 Å². The molecule has 1 aliphatic heterocycles. The maximum Gasteiger partial charge on any atom is 0.286 e. The average molecular weight is 412 g/mol. The van der Waals surface area contributed by atoms with Crippen LogP contribution < -0.4 is 15.3 Å². The van der Waals surface area contributed by atoms with Crippen molar-refractivity contribution < 1.29 is 18.4 Å². The molecule has 1 aliphatic rings. The minimum absolute atomic E-state index is 0.276. The maximum atomic E-state index is 12.9. The first kappa shape index (κ1) is 19.5. The second kappa shape index (κ2) is 7.80. The molecule has 1 aromatic carbocycles. The summed E-state index contributed by atoms with van der Waals surface area (Å²) in [5.41, 5.74) is 2.40. The number of anilines is 2. The van der Waals surface area contributed by atoms with Crippen LogP contribution in [0.25, 0.3) is 0 Å². The third-order valence-electron chi connectivity index (χ3n) is 4.30. The maximum absolute atomic E-state index is 12.9. The smallest absolute Gasteiger partial charge is 0.286 e. The normalized spacial score (nSPS) is 15.6. The summed E-state index contributed by atoms with van der Waals surface area (Å²) < 4.78 is 27.3. The molecule has 1 saturated heterocycles. The minimum Gasteiger partial charge on any atom is -0.378 e. The van der Waals surface area contributed by atoms with Gasteiger partial charge in [0.25, 0.3) is 5.91 Å². The summed E-state index contributed by atoms with van der Waals surface area (Å²) in [5, 5.41) is 9.31. The van der Waals surface area contributed by atoms with Crippen LogP contribution in [-0.4, -0.2) is 69.1 Å². The number of amides is 1. The standard InChI is InChI=1S/C16H21N5O4S2/c1-19(2)12-4-3-5-13(10-12)27(24,25)21-8-6-20(7-9-21)16-17-11-14(26-16)15(22)18-23/h3-5,10-11,23H,6-9H2,1-2H3,(H,18,22). The molecule has 2 N–H and O–H groups in total. The predicted octanol–water partition coefficient (Wildman–Crippen LogP) is 0.839. The van der Waals surface area contributed by atoms with E-state index in [4.69, 9.17) is 5.21 Å². The molecule has 2 aromatic rings. The summed E-state index contributed by atoms with van der Waals surface area (Å²) in [6.07, 6.45) is 1.39. The number of nitrogens with one attached hydrogen (secondary N) is 1. The highest BCUT2D eigenvalue weighted by Gasteiger charge is 2.29. The number of carbonyl (C=O) groups is 1. The summed E-state index contributed by atoms with van der Waals surface area (Å²) >= 11 is 1.15. The number of nitrogens with zero attached hydrogens (tertiary/aromatic N) is 4. The van der Waals surface area contributed by atoms with Gasteiger partial charge in [-0.1, -0.05) is 17.4 Å². The lowest BCUT2D eigenvalue weighted by Gasteiger charge is -2.33. The van der Waals surface area contributed by atoms with Crippen LogP contribution in [-0.2, 0) is 10.0 Å². The number of hydroxylamine groups is 1. The van der Waals surface area contributed by atoms with E-state index in [2.05, 4.69) is 4.98 Å². The predicted molar refractivity (Wildman–Crippen MR) is 103 cm³/mol. The van der Waals surface area contributed by atoms with Crippen LogP contribution >= 0.6 is 11.3 Å². The van der Waals surface area contributed by atoms with E-state index in [1.807, 2.05) is 30.0 Å². The van der Waals surface area contributed by atoms with E-state index in [1.165, 1.54) is 10.5 Å². The van der Waals surface area contributed by atoms with Crippen molar-refractivity contribution in [2.24, 2.45) is 0 Å². The molecule has 9 nitrogen and oxygen atoms in total. The molecular formula is C16H21N5O4S2. The van der Waals surface area contributed by atoms with Gasteiger partial charge in [-0.05, 0) is 18.2 Å². The van der Waals surface area contributed by atoms with E-state index in [0.717, 1.165) is 17.0 Å². The van der Waals surface area contributed by atoms with E-state index in [9.17, 15) is 13.2 Å². The summed E-state index contributed by atoms with van der Waals surface area (Å²) in [7, 11) is 0.160. The van der Waals surface area contributed by atoms with E-state index >= 15 is 0 Å². The van der Waals surface area contributed by atoms with Crippen LogP contribution in [0.2, 0.25) is 0 Å². The molecule has 0 bridgehead atoms. The minimum atomic E-state index is -3.57. The Morgan fingerprint density at radius 1 is 1.26 bits per heavy atom. The summed E-state index contributed by atoms with van der Waals surface area (Å²) in [5.74, 6) is -0.610. The van der Waals surface area contributed by atoms with Gasteiger partial charge in [-0.3, -0.25) is 10.0 Å². The fourth-order valence-corrected chi connectivity index (χ4v) is 5.08. The molecule has 0 unspecified atom stereocenters. The van der Waals surface area contributed by atoms with Gasteiger partial charge in [0.1, 0.15) is 4.88 Å². The first-order chi connectivity index (χ1) is 12.8. The van der Waals surface area contributed by atoms with Crippen molar-refractivity contribution >= 4 is 38.1 Å². The third kappa shape index (κ3) is 4.05. The van der Waals surface area contributed by atoms with Crippen LogP contribution in [0.5, 0.6) is 0 Å². The topological polar surface area (TPSA) is 106 Å². The molecule has 0 aliphatic carbocycles. The first-order valence-corrected chi connectivity index (χ1v) is 10.5. The number of rotatable bonds is 5. The Morgan fingerprint density at radius 3 is 2.59 bits per heavy atom. The molecule has 0 saturated carbocycles. The SMILES string of the molecule is CN(C)c1cccc(S(=O)(=O)N2CCN(c3ncc(C(=O)NO)s3)CC2)c1. The van der Waals surface area contributed by atoms with Crippen LogP contribution in [0.3, 0.4) is 0 Å². The molecule has 0 atom stereocenters. The van der Waals surface area contributed by atoms with Gasteiger partial charge in [-0.25, -0.2) is 18.9 Å². The Balaban J connectivity index is 1.70. The van der Waals surface area contributed by atoms with Gasteiger partial charge in [-0.2, -0.15) is 4.31 Å². The first-order valence-electron chi connectivity index (χ1n) is 8.25. The number of hydrogen-bond acceptors (Lipinski definition) is 8. The van der Waals surface area contributed by atoms with Crippen LogP contribution in [0, 0.1) is 0 Å². The molecule has 1 fully saturated rings. The monoisotopic (exact) mass is 411 g/mol. The molecule has 1 aromatic heterocycles. The molecule has 11 heteroatoms. The number of piperazine rings is 1. The molecular weight excluding hydrogens is 390 g/mol. The van der Waals surface area contributed by atoms with Crippen molar-refractivity contribution in [3.05, 3.63) is 35.3 Å². The average Bonchev–Trinajstić information content (AvgIpc) is 3.17. The van der Waals surface area contributed by atoms with Crippen molar-refractivity contribution in [1.29, 1.82) is 0 Å². The highest BCUT2D eigenvalue weighted by Crippen LogP contribution is 2.26. The summed E-state index contributed by atoms with van der Waals surface area (Å²) in [6, 6.07) is 6.87. The fourth-order valence-electron chi connectivity index (χ4n) is 2.76. The molecule has 2 heterocycles.